The van der Waals surface area contributed by atoms with Crippen LogP contribution in [0.4, 0.5) is 0 Å². The van der Waals surface area contributed by atoms with Gasteiger partial charge in [-0.25, -0.2) is 0 Å². The summed E-state index contributed by atoms with van der Waals surface area (Å²) in [6.45, 7) is 19.7. The van der Waals surface area contributed by atoms with Gasteiger partial charge in [0.15, 0.2) is 0 Å². The van der Waals surface area contributed by atoms with Gasteiger partial charge in [0.25, 0.3) is 0 Å². The average Bonchev–Trinajstić information content (AvgIpc) is 3.02. The summed E-state index contributed by atoms with van der Waals surface area (Å²) in [5, 5.41) is 10.9. The summed E-state index contributed by atoms with van der Waals surface area (Å²) in [5.74, 6) is 4.23. The van der Waals surface area contributed by atoms with Gasteiger partial charge >= 0.3 is 0 Å². The van der Waals surface area contributed by atoms with Crippen molar-refractivity contribution in [3.63, 3.8) is 0 Å². The molecule has 31 heavy (non-hydrogen) atoms. The van der Waals surface area contributed by atoms with Crippen LogP contribution in [0.5, 0.6) is 0 Å². The van der Waals surface area contributed by atoms with Crippen LogP contribution in [-0.4, -0.2) is 11.2 Å². The van der Waals surface area contributed by atoms with E-state index in [9.17, 15) is 5.11 Å². The van der Waals surface area contributed by atoms with Crippen molar-refractivity contribution in [1.29, 1.82) is 0 Å². The molecule has 0 bridgehead atoms. The lowest BCUT2D eigenvalue weighted by Gasteiger charge is -2.73. The first-order valence-electron chi connectivity index (χ1n) is 13.7. The molecule has 0 aromatic rings. The third kappa shape index (κ3) is 2.65. The molecule has 0 spiro atoms. The third-order valence-corrected chi connectivity index (χ3v) is 13.6. The van der Waals surface area contributed by atoms with Crippen molar-refractivity contribution >= 4 is 0 Å². The molecular weight excluding hydrogens is 376 g/mol. The largest absolute Gasteiger partial charge is 0.393 e. The molecule has 5 fully saturated rings. The number of rotatable bonds is 2. The normalized spacial score (nSPS) is 57.9. The number of allylic oxidation sites excluding steroid dienone is 1. The number of fused-ring (bicyclic) bond motifs is 7. The highest BCUT2D eigenvalue weighted by molar-refractivity contribution is 5.19. The lowest BCUT2D eigenvalue weighted by atomic mass is 9.32. The molecular formula is C30H50O. The summed E-state index contributed by atoms with van der Waals surface area (Å²) in [5.41, 5.74) is 1.97. The second kappa shape index (κ2) is 6.86. The Morgan fingerprint density at radius 2 is 1.29 bits per heavy atom. The minimum absolute atomic E-state index is 0.0685. The van der Waals surface area contributed by atoms with Crippen molar-refractivity contribution in [1.82, 2.24) is 0 Å². The lowest BCUT2D eigenvalue weighted by Crippen LogP contribution is -2.66. The van der Waals surface area contributed by atoms with Gasteiger partial charge < -0.3 is 5.11 Å². The zero-order chi connectivity index (χ0) is 22.4. The van der Waals surface area contributed by atoms with E-state index in [1.54, 1.807) is 0 Å². The fraction of sp³-hybridized carbons (Fsp3) is 0.933. The molecule has 0 amide bonds. The van der Waals surface area contributed by atoms with Crippen LogP contribution in [0.15, 0.2) is 12.7 Å². The summed E-state index contributed by atoms with van der Waals surface area (Å²) < 4.78 is 0. The van der Waals surface area contributed by atoms with E-state index in [-0.39, 0.29) is 11.5 Å². The van der Waals surface area contributed by atoms with E-state index in [4.69, 9.17) is 0 Å². The topological polar surface area (TPSA) is 20.2 Å². The molecule has 1 heteroatoms. The zero-order valence-electron chi connectivity index (χ0n) is 21.5. The molecule has 5 saturated carbocycles. The summed E-state index contributed by atoms with van der Waals surface area (Å²) in [7, 11) is 0. The summed E-state index contributed by atoms with van der Waals surface area (Å²) in [6.07, 6.45) is 17.0. The Balaban J connectivity index is 1.51. The van der Waals surface area contributed by atoms with Crippen LogP contribution in [0.3, 0.4) is 0 Å². The summed E-state index contributed by atoms with van der Waals surface area (Å²) >= 11 is 0. The molecule has 5 aliphatic rings. The fourth-order valence-corrected chi connectivity index (χ4v) is 11.8. The highest BCUT2D eigenvalue weighted by Gasteiger charge is 2.70. The minimum atomic E-state index is -0.114. The van der Waals surface area contributed by atoms with Crippen LogP contribution in [0.1, 0.15) is 112 Å². The van der Waals surface area contributed by atoms with Crippen LogP contribution < -0.4 is 0 Å². The quantitative estimate of drug-likeness (QED) is 0.443. The van der Waals surface area contributed by atoms with Crippen molar-refractivity contribution in [2.45, 2.75) is 118 Å². The predicted molar refractivity (Wildman–Crippen MR) is 131 cm³/mol. The molecule has 1 N–H and O–H groups in total. The van der Waals surface area contributed by atoms with Crippen LogP contribution in [-0.2, 0) is 0 Å². The first-order valence-corrected chi connectivity index (χ1v) is 13.7. The molecule has 0 saturated heterocycles. The van der Waals surface area contributed by atoms with Crippen molar-refractivity contribution in [2.75, 3.05) is 0 Å². The monoisotopic (exact) mass is 426 g/mol. The smallest absolute Gasteiger partial charge is 0.0594 e. The molecule has 176 valence electrons. The number of aliphatic hydroxyl groups excluding tert-OH is 1. The molecule has 0 aromatic heterocycles. The third-order valence-electron chi connectivity index (χ3n) is 13.6. The van der Waals surface area contributed by atoms with E-state index in [0.717, 1.165) is 30.1 Å². The molecule has 0 aromatic carbocycles. The fourth-order valence-electron chi connectivity index (χ4n) is 11.8. The second-order valence-corrected chi connectivity index (χ2v) is 14.5. The van der Waals surface area contributed by atoms with E-state index in [1.165, 1.54) is 64.2 Å². The molecule has 0 radical (unpaired) electrons. The molecule has 1 nitrogen and oxygen atoms in total. The first kappa shape index (κ1) is 22.5. The molecule has 0 unspecified atom stereocenters. The molecule has 0 heterocycles. The lowest BCUT2D eigenvalue weighted by molar-refractivity contribution is -0.251. The Labute approximate surface area is 192 Å². The number of hydrogen-bond acceptors (Lipinski definition) is 1. The van der Waals surface area contributed by atoms with Crippen LogP contribution in [0.25, 0.3) is 0 Å². The van der Waals surface area contributed by atoms with Crippen molar-refractivity contribution in [2.24, 2.45) is 56.7 Å². The van der Waals surface area contributed by atoms with E-state index < -0.39 is 0 Å². The van der Waals surface area contributed by atoms with Gasteiger partial charge in [-0.3, -0.25) is 0 Å². The Bertz CT molecular complexity index is 739. The standard InChI is InChI=1S/C30H50O/c1-8-9-20-12-16-27(4)21(20)13-18-29(6)23(27)10-11-24-28(5)17-15-25(31)26(2,3)22(28)14-19-30(24,29)7/h8,20-25,31H,1,9-19H2,2-7H3/t20-,21-,22+,23-,24-,25+,27+,28+,29-,30-/m1/s1. The summed E-state index contributed by atoms with van der Waals surface area (Å²) in [4.78, 5) is 0. The van der Waals surface area contributed by atoms with Gasteiger partial charge in [0.05, 0.1) is 6.10 Å². The van der Waals surface area contributed by atoms with Crippen LogP contribution >= 0.6 is 0 Å². The van der Waals surface area contributed by atoms with E-state index in [0.29, 0.717) is 27.6 Å². The average molecular weight is 427 g/mol. The minimum Gasteiger partial charge on any atom is -0.393 e. The molecule has 0 aliphatic heterocycles. The van der Waals surface area contributed by atoms with Crippen LogP contribution in [0.2, 0.25) is 0 Å². The van der Waals surface area contributed by atoms with E-state index in [1.807, 2.05) is 0 Å². The Morgan fingerprint density at radius 1 is 0.710 bits per heavy atom. The molecule has 10 atom stereocenters. The summed E-state index contributed by atoms with van der Waals surface area (Å²) in [6, 6.07) is 0. The zero-order valence-corrected chi connectivity index (χ0v) is 21.5. The first-order chi connectivity index (χ1) is 14.4. The van der Waals surface area contributed by atoms with E-state index in [2.05, 4.69) is 54.2 Å². The molecule has 5 rings (SSSR count). The highest BCUT2D eigenvalue weighted by Crippen LogP contribution is 2.77. The Morgan fingerprint density at radius 3 is 1.94 bits per heavy atom. The maximum atomic E-state index is 10.9. The van der Waals surface area contributed by atoms with Gasteiger partial charge in [0, 0.05) is 0 Å². The predicted octanol–water partition coefficient (Wildman–Crippen LogP) is 8.02. The van der Waals surface area contributed by atoms with E-state index >= 15 is 0 Å². The highest BCUT2D eigenvalue weighted by atomic mass is 16.3. The molecule has 5 aliphatic carbocycles. The van der Waals surface area contributed by atoms with Gasteiger partial charge in [0.2, 0.25) is 0 Å². The van der Waals surface area contributed by atoms with Crippen molar-refractivity contribution < 1.29 is 5.11 Å². The van der Waals surface area contributed by atoms with Gasteiger partial charge in [-0.1, -0.05) is 47.6 Å². The Hall–Kier alpha value is -0.300. The maximum Gasteiger partial charge on any atom is 0.0594 e. The van der Waals surface area contributed by atoms with Crippen molar-refractivity contribution in [3.8, 4) is 0 Å². The van der Waals surface area contributed by atoms with Gasteiger partial charge in [-0.15, -0.1) is 6.58 Å². The van der Waals surface area contributed by atoms with Crippen molar-refractivity contribution in [3.05, 3.63) is 12.7 Å². The second-order valence-electron chi connectivity index (χ2n) is 14.5. The van der Waals surface area contributed by atoms with Gasteiger partial charge in [-0.05, 0) is 127 Å². The SMILES string of the molecule is C=CC[C@@H]1CC[C@@]2(C)[C@@H]1CC[C@]1(C)[C@@H]2CC[C@@H]2[C@@]3(C)CC[C@H](O)C(C)(C)[C@@H]3CC[C@]21C. The van der Waals surface area contributed by atoms with Crippen LogP contribution in [0, 0.1) is 56.7 Å². The maximum absolute atomic E-state index is 10.9. The van der Waals surface area contributed by atoms with Gasteiger partial charge in [-0.2, -0.15) is 0 Å². The Kier molecular flexibility index (Phi) is 4.98. The number of aliphatic hydroxyl groups is 1. The van der Waals surface area contributed by atoms with Gasteiger partial charge in [0.1, 0.15) is 0 Å². The number of hydrogen-bond donors (Lipinski definition) is 1.